The number of aromatic amines is 1. The lowest BCUT2D eigenvalue weighted by Crippen LogP contribution is -2.33. The van der Waals surface area contributed by atoms with Gasteiger partial charge in [0.1, 0.15) is 6.07 Å². The summed E-state index contributed by atoms with van der Waals surface area (Å²) in [4.78, 5) is 38.5. The van der Waals surface area contributed by atoms with Gasteiger partial charge in [0.15, 0.2) is 0 Å². The van der Waals surface area contributed by atoms with E-state index in [0.29, 0.717) is 5.69 Å². The first-order chi connectivity index (χ1) is 15.9. The molecule has 1 aromatic carbocycles. The van der Waals surface area contributed by atoms with Crippen LogP contribution in [0.5, 0.6) is 0 Å². The van der Waals surface area contributed by atoms with Crippen LogP contribution >= 0.6 is 23.2 Å². The first-order valence-corrected chi connectivity index (χ1v) is 11.0. The molecule has 1 fully saturated rings. The Kier molecular flexibility index (Phi) is 5.19. The smallest absolute Gasteiger partial charge is 0.312 e. The minimum absolute atomic E-state index is 0.0449. The summed E-state index contributed by atoms with van der Waals surface area (Å²) in [5.74, 6) is 0. The van der Waals surface area contributed by atoms with Crippen LogP contribution in [0.2, 0.25) is 10.0 Å². The number of nitrogens with zero attached hydrogens (tertiary/aromatic N) is 5. The maximum Gasteiger partial charge on any atom is 0.349 e. The third-order valence-corrected chi connectivity index (χ3v) is 6.47. The second kappa shape index (κ2) is 8.06. The zero-order valence-electron chi connectivity index (χ0n) is 17.1. The largest absolute Gasteiger partial charge is 0.349 e. The lowest BCUT2D eigenvalue weighted by molar-refractivity contribution is 0.519. The molecule has 1 N–H and O–H groups in total. The van der Waals surface area contributed by atoms with E-state index in [0.717, 1.165) is 41.4 Å². The average Bonchev–Trinajstić information content (AvgIpc) is 3.44. The van der Waals surface area contributed by atoms with E-state index in [1.807, 2.05) is 15.6 Å². The average molecular weight is 483 g/mol. The maximum absolute atomic E-state index is 12.6. The van der Waals surface area contributed by atoms with Crippen molar-refractivity contribution in [3.05, 3.63) is 83.5 Å². The Labute approximate surface area is 196 Å². The highest BCUT2D eigenvalue weighted by molar-refractivity contribution is 6.38. The van der Waals surface area contributed by atoms with E-state index in [-0.39, 0.29) is 27.3 Å². The molecule has 3 heterocycles. The van der Waals surface area contributed by atoms with Gasteiger partial charge in [-0.2, -0.15) is 9.94 Å². The summed E-state index contributed by atoms with van der Waals surface area (Å²) >= 11 is 13.2. The summed E-state index contributed by atoms with van der Waals surface area (Å²) in [6.45, 7) is 0. The number of aromatic nitrogens is 5. The summed E-state index contributed by atoms with van der Waals surface area (Å²) in [5.41, 5.74) is -0.00117. The molecule has 0 radical (unpaired) electrons. The minimum atomic E-state index is -0.875. The van der Waals surface area contributed by atoms with Crippen molar-refractivity contribution >= 4 is 34.2 Å². The Hall–Kier alpha value is -3.61. The van der Waals surface area contributed by atoms with E-state index in [2.05, 4.69) is 5.10 Å². The first kappa shape index (κ1) is 21.2. The van der Waals surface area contributed by atoms with Crippen molar-refractivity contribution in [2.24, 2.45) is 0 Å². The van der Waals surface area contributed by atoms with Crippen molar-refractivity contribution in [3.63, 3.8) is 0 Å². The van der Waals surface area contributed by atoms with Crippen molar-refractivity contribution in [1.82, 2.24) is 23.9 Å². The molecule has 4 aromatic rings. The van der Waals surface area contributed by atoms with Crippen LogP contribution in [0.4, 0.5) is 0 Å². The normalized spacial score (nSPS) is 14.1. The van der Waals surface area contributed by atoms with Crippen LogP contribution in [0, 0.1) is 11.3 Å². The van der Waals surface area contributed by atoms with E-state index in [1.54, 1.807) is 29.0 Å². The molecule has 0 saturated heterocycles. The number of fused-ring (bicyclic) bond motifs is 1. The Morgan fingerprint density at radius 3 is 2.39 bits per heavy atom. The second-order valence-electron chi connectivity index (χ2n) is 7.83. The monoisotopic (exact) mass is 482 g/mol. The number of halogens is 2. The molecule has 166 valence electrons. The highest BCUT2D eigenvalue weighted by atomic mass is 35.5. The van der Waals surface area contributed by atoms with Gasteiger partial charge in [-0.15, -0.1) is 5.10 Å². The minimum Gasteiger partial charge on any atom is -0.312 e. The van der Waals surface area contributed by atoms with Crippen molar-refractivity contribution in [2.75, 3.05) is 0 Å². The van der Waals surface area contributed by atoms with Gasteiger partial charge in [0.25, 0.3) is 11.1 Å². The molecule has 1 saturated carbocycles. The molecular weight excluding hydrogens is 467 g/mol. The van der Waals surface area contributed by atoms with Gasteiger partial charge in [0.2, 0.25) is 5.69 Å². The highest BCUT2D eigenvalue weighted by Crippen LogP contribution is 2.35. The molecule has 0 bridgehead atoms. The SMILES string of the molecule is N#Cc1nn(-c2cc(Cl)c(-n3ccc4c3ccc(=O)n4C3CCCC3)c(Cl)c2)c(=O)[nH]c1=O. The molecule has 3 aromatic heterocycles. The van der Waals surface area contributed by atoms with Gasteiger partial charge in [0.05, 0.1) is 32.5 Å². The number of hydrogen-bond acceptors (Lipinski definition) is 5. The van der Waals surface area contributed by atoms with Crippen LogP contribution in [-0.2, 0) is 0 Å². The predicted molar refractivity (Wildman–Crippen MR) is 124 cm³/mol. The number of benzene rings is 1. The molecule has 1 aliphatic carbocycles. The van der Waals surface area contributed by atoms with E-state index in [4.69, 9.17) is 28.5 Å². The lowest BCUT2D eigenvalue weighted by atomic mass is 10.2. The molecule has 11 heteroatoms. The standard InChI is InChI=1S/C22H16Cl2N6O3/c23-14-9-13(30-22(33)26-21(32)16(11-25)27-30)10-15(24)20(14)28-8-7-18-17(28)5-6-19(31)29(18)12-3-1-2-4-12/h5-10,12H,1-4H2,(H,26,32,33). The van der Waals surface area contributed by atoms with Gasteiger partial charge in [-0.3, -0.25) is 14.6 Å². The van der Waals surface area contributed by atoms with Crippen molar-refractivity contribution in [3.8, 4) is 17.4 Å². The Bertz CT molecular complexity index is 1610. The summed E-state index contributed by atoms with van der Waals surface area (Å²) in [7, 11) is 0. The topological polar surface area (TPSA) is 118 Å². The zero-order chi connectivity index (χ0) is 23.3. The van der Waals surface area contributed by atoms with Gasteiger partial charge in [-0.25, -0.2) is 4.79 Å². The van der Waals surface area contributed by atoms with Gasteiger partial charge in [0, 0.05) is 18.3 Å². The third-order valence-electron chi connectivity index (χ3n) is 5.89. The molecule has 1 aliphatic rings. The highest BCUT2D eigenvalue weighted by Gasteiger charge is 2.22. The molecule has 5 rings (SSSR count). The number of rotatable bonds is 3. The van der Waals surface area contributed by atoms with Gasteiger partial charge in [-0.1, -0.05) is 36.0 Å². The fourth-order valence-electron chi connectivity index (χ4n) is 4.44. The summed E-state index contributed by atoms with van der Waals surface area (Å²) < 4.78 is 4.48. The van der Waals surface area contributed by atoms with Gasteiger partial charge < -0.3 is 9.13 Å². The van der Waals surface area contributed by atoms with Crippen LogP contribution in [-0.4, -0.2) is 23.9 Å². The van der Waals surface area contributed by atoms with Gasteiger partial charge in [-0.05, 0) is 37.1 Å². The van der Waals surface area contributed by atoms with E-state index >= 15 is 0 Å². The van der Waals surface area contributed by atoms with Gasteiger partial charge >= 0.3 is 5.69 Å². The molecule has 9 nitrogen and oxygen atoms in total. The lowest BCUT2D eigenvalue weighted by Gasteiger charge is -2.16. The molecular formula is C22H16Cl2N6O3. The van der Waals surface area contributed by atoms with Crippen molar-refractivity contribution < 1.29 is 0 Å². The Balaban J connectivity index is 1.67. The van der Waals surface area contributed by atoms with Crippen LogP contribution in [0.15, 0.2) is 50.9 Å². The fraction of sp³-hybridized carbons (Fsp3) is 0.227. The van der Waals surface area contributed by atoms with Crippen LogP contribution in [0.1, 0.15) is 37.4 Å². The van der Waals surface area contributed by atoms with Crippen LogP contribution < -0.4 is 16.8 Å². The quantitative estimate of drug-likeness (QED) is 0.480. The zero-order valence-corrected chi connectivity index (χ0v) is 18.6. The van der Waals surface area contributed by atoms with Crippen molar-refractivity contribution in [1.29, 1.82) is 5.26 Å². The maximum atomic E-state index is 12.6. The number of H-pyrrole nitrogens is 1. The fourth-order valence-corrected chi connectivity index (χ4v) is 5.10. The van der Waals surface area contributed by atoms with E-state index in [9.17, 15) is 14.4 Å². The summed E-state index contributed by atoms with van der Waals surface area (Å²) in [6, 6.07) is 9.88. The predicted octanol–water partition coefficient (Wildman–Crippen LogP) is 3.32. The number of nitriles is 1. The molecule has 0 unspecified atom stereocenters. The molecule has 33 heavy (non-hydrogen) atoms. The summed E-state index contributed by atoms with van der Waals surface area (Å²) in [6.07, 6.45) is 5.91. The van der Waals surface area contributed by atoms with Crippen molar-refractivity contribution in [2.45, 2.75) is 31.7 Å². The molecule has 0 amide bonds. The van der Waals surface area contributed by atoms with Crippen LogP contribution in [0.25, 0.3) is 22.4 Å². The molecule has 0 spiro atoms. The summed E-state index contributed by atoms with van der Waals surface area (Å²) in [5, 5.41) is 13.3. The Morgan fingerprint density at radius 2 is 1.73 bits per heavy atom. The molecule has 0 aliphatic heterocycles. The number of nitrogens with one attached hydrogen (secondary N) is 1. The van der Waals surface area contributed by atoms with E-state index < -0.39 is 16.9 Å². The molecule has 0 atom stereocenters. The van der Waals surface area contributed by atoms with E-state index in [1.165, 1.54) is 12.1 Å². The number of pyridine rings is 1. The Morgan fingerprint density at radius 1 is 1.03 bits per heavy atom. The first-order valence-electron chi connectivity index (χ1n) is 10.2. The number of hydrogen-bond donors (Lipinski definition) is 1. The second-order valence-corrected chi connectivity index (χ2v) is 8.64. The van der Waals surface area contributed by atoms with Crippen LogP contribution in [0.3, 0.4) is 0 Å². The third kappa shape index (κ3) is 3.48.